The number of amides is 1. The summed E-state index contributed by atoms with van der Waals surface area (Å²) in [7, 11) is 0. The third kappa shape index (κ3) is 5.49. The molecule has 0 aliphatic rings. The van der Waals surface area contributed by atoms with Crippen LogP contribution >= 0.6 is 15.9 Å². The fourth-order valence-corrected chi connectivity index (χ4v) is 2.91. The van der Waals surface area contributed by atoms with Gasteiger partial charge in [-0.1, -0.05) is 58.4 Å². The predicted octanol–water partition coefficient (Wildman–Crippen LogP) is 4.70. The van der Waals surface area contributed by atoms with E-state index in [2.05, 4.69) is 26.5 Å². The SMILES string of the molecule is O=C(N/N=C\c1cc(Br)ccc1OCc1ccccc1)c1ccccc1[N+](=O)[O-]. The van der Waals surface area contributed by atoms with Crippen molar-refractivity contribution in [1.82, 2.24) is 5.43 Å². The van der Waals surface area contributed by atoms with Gasteiger partial charge in [0.25, 0.3) is 11.6 Å². The van der Waals surface area contributed by atoms with Gasteiger partial charge in [0.15, 0.2) is 0 Å². The molecular weight excluding hydrogens is 438 g/mol. The van der Waals surface area contributed by atoms with E-state index in [0.29, 0.717) is 17.9 Å². The summed E-state index contributed by atoms with van der Waals surface area (Å²) in [5, 5.41) is 15.0. The Hall–Kier alpha value is -3.52. The second kappa shape index (κ2) is 9.61. The summed E-state index contributed by atoms with van der Waals surface area (Å²) in [6.45, 7) is 0.381. The first-order valence-electron chi connectivity index (χ1n) is 8.57. The van der Waals surface area contributed by atoms with Crippen molar-refractivity contribution in [2.75, 3.05) is 0 Å². The van der Waals surface area contributed by atoms with E-state index < -0.39 is 10.8 Å². The van der Waals surface area contributed by atoms with Gasteiger partial charge < -0.3 is 4.74 Å². The first-order valence-corrected chi connectivity index (χ1v) is 9.37. The third-order valence-electron chi connectivity index (χ3n) is 3.92. The highest BCUT2D eigenvalue weighted by molar-refractivity contribution is 9.10. The molecule has 146 valence electrons. The molecule has 0 saturated carbocycles. The van der Waals surface area contributed by atoms with Crippen LogP contribution in [0.15, 0.2) is 82.4 Å². The lowest BCUT2D eigenvalue weighted by Gasteiger charge is -2.09. The minimum atomic E-state index is -0.671. The number of nitro groups is 1. The first-order chi connectivity index (χ1) is 14.0. The van der Waals surface area contributed by atoms with Gasteiger partial charge in [-0.05, 0) is 29.8 Å². The lowest BCUT2D eigenvalue weighted by molar-refractivity contribution is -0.385. The normalized spacial score (nSPS) is 10.7. The van der Waals surface area contributed by atoms with Crippen LogP contribution in [-0.2, 0) is 6.61 Å². The summed E-state index contributed by atoms with van der Waals surface area (Å²) in [5.74, 6) is -0.0870. The molecule has 0 fully saturated rings. The fraction of sp³-hybridized carbons (Fsp3) is 0.0476. The number of hydrogen-bond donors (Lipinski definition) is 1. The molecule has 8 heteroatoms. The van der Waals surface area contributed by atoms with Gasteiger partial charge in [0.1, 0.15) is 17.9 Å². The molecule has 0 aliphatic carbocycles. The van der Waals surface area contributed by atoms with Gasteiger partial charge >= 0.3 is 0 Å². The number of benzene rings is 3. The lowest BCUT2D eigenvalue weighted by Crippen LogP contribution is -2.19. The zero-order valence-corrected chi connectivity index (χ0v) is 16.7. The molecule has 7 nitrogen and oxygen atoms in total. The molecule has 0 atom stereocenters. The minimum Gasteiger partial charge on any atom is -0.488 e. The lowest BCUT2D eigenvalue weighted by atomic mass is 10.2. The number of carbonyl (C=O) groups excluding carboxylic acids is 1. The maximum absolute atomic E-state index is 12.3. The van der Waals surface area contributed by atoms with Gasteiger partial charge in [-0.2, -0.15) is 5.10 Å². The summed E-state index contributed by atoms with van der Waals surface area (Å²) in [5.41, 5.74) is 3.62. The Morgan fingerprint density at radius 3 is 2.59 bits per heavy atom. The molecule has 3 rings (SSSR count). The summed E-state index contributed by atoms with van der Waals surface area (Å²) < 4.78 is 6.67. The van der Waals surface area contributed by atoms with Crippen LogP contribution in [0.5, 0.6) is 5.75 Å². The molecule has 3 aromatic rings. The molecule has 29 heavy (non-hydrogen) atoms. The molecule has 0 bridgehead atoms. The van der Waals surface area contributed by atoms with Crippen LogP contribution in [0.1, 0.15) is 21.5 Å². The van der Waals surface area contributed by atoms with Crippen LogP contribution in [-0.4, -0.2) is 17.0 Å². The van der Waals surface area contributed by atoms with Crippen molar-refractivity contribution >= 4 is 33.7 Å². The molecule has 0 unspecified atom stereocenters. The van der Waals surface area contributed by atoms with Crippen LogP contribution in [0.4, 0.5) is 5.69 Å². The standard InChI is InChI=1S/C21H16BrN3O4/c22-17-10-11-20(29-14-15-6-2-1-3-7-15)16(12-17)13-23-24-21(26)18-8-4-5-9-19(18)25(27)28/h1-13H,14H2,(H,24,26)/b23-13-. The Labute approximate surface area is 175 Å². The highest BCUT2D eigenvalue weighted by Crippen LogP contribution is 2.23. The third-order valence-corrected chi connectivity index (χ3v) is 4.42. The largest absolute Gasteiger partial charge is 0.488 e. The van der Waals surface area contributed by atoms with Gasteiger partial charge in [0.2, 0.25) is 0 Å². The molecule has 1 N–H and O–H groups in total. The Morgan fingerprint density at radius 2 is 1.83 bits per heavy atom. The number of hydrogen-bond acceptors (Lipinski definition) is 5. The Bertz CT molecular complexity index is 1050. The minimum absolute atomic E-state index is 0.0653. The van der Waals surface area contributed by atoms with Crippen LogP contribution in [0.3, 0.4) is 0 Å². The van der Waals surface area contributed by atoms with Crippen LogP contribution in [0, 0.1) is 10.1 Å². The number of nitrogens with one attached hydrogen (secondary N) is 1. The summed E-state index contributed by atoms with van der Waals surface area (Å²) >= 11 is 3.40. The van der Waals surface area contributed by atoms with E-state index >= 15 is 0 Å². The molecule has 1 amide bonds. The second-order valence-corrected chi connectivity index (χ2v) is 6.85. The number of para-hydroxylation sites is 1. The number of rotatable bonds is 7. The van der Waals surface area contributed by atoms with Crippen LogP contribution in [0.25, 0.3) is 0 Å². The van der Waals surface area contributed by atoms with Crippen LogP contribution in [0.2, 0.25) is 0 Å². The van der Waals surface area contributed by atoms with E-state index in [0.717, 1.165) is 10.0 Å². The average Bonchev–Trinajstić information content (AvgIpc) is 2.73. The molecule has 0 saturated heterocycles. The topological polar surface area (TPSA) is 93.8 Å². The zero-order valence-electron chi connectivity index (χ0n) is 15.1. The van der Waals surface area contributed by atoms with Crippen LogP contribution < -0.4 is 10.2 Å². The zero-order chi connectivity index (χ0) is 20.6. The van der Waals surface area contributed by atoms with E-state index in [1.807, 2.05) is 36.4 Å². The molecule has 0 aliphatic heterocycles. The Balaban J connectivity index is 1.72. The molecule has 0 aromatic heterocycles. The summed E-state index contributed by atoms with van der Waals surface area (Å²) in [6.07, 6.45) is 1.43. The first kappa shape index (κ1) is 20.2. The van der Waals surface area contributed by atoms with Crippen molar-refractivity contribution in [2.45, 2.75) is 6.61 Å². The predicted molar refractivity (Wildman–Crippen MR) is 113 cm³/mol. The van der Waals surface area contributed by atoms with Crippen molar-refractivity contribution in [3.8, 4) is 5.75 Å². The van der Waals surface area contributed by atoms with Gasteiger partial charge in [-0.3, -0.25) is 14.9 Å². The van der Waals surface area contributed by atoms with Gasteiger partial charge in [-0.15, -0.1) is 0 Å². The van der Waals surface area contributed by atoms with Gasteiger partial charge in [0.05, 0.1) is 11.1 Å². The number of halogens is 1. The van der Waals surface area contributed by atoms with E-state index in [-0.39, 0.29) is 11.3 Å². The van der Waals surface area contributed by atoms with Crippen molar-refractivity contribution in [2.24, 2.45) is 5.10 Å². The number of nitro benzene ring substituents is 1. The van der Waals surface area contributed by atoms with E-state index in [1.54, 1.807) is 18.2 Å². The second-order valence-electron chi connectivity index (χ2n) is 5.93. The maximum Gasteiger partial charge on any atom is 0.282 e. The Kier molecular flexibility index (Phi) is 6.70. The number of carbonyl (C=O) groups is 1. The Morgan fingerprint density at radius 1 is 1.10 bits per heavy atom. The highest BCUT2D eigenvalue weighted by atomic mass is 79.9. The maximum atomic E-state index is 12.3. The summed E-state index contributed by atoms with van der Waals surface area (Å²) in [6, 6.07) is 20.8. The van der Waals surface area contributed by atoms with Crippen molar-refractivity contribution in [1.29, 1.82) is 0 Å². The molecule has 0 radical (unpaired) electrons. The van der Waals surface area contributed by atoms with Crippen molar-refractivity contribution in [3.05, 3.63) is 104 Å². The van der Waals surface area contributed by atoms with E-state index in [4.69, 9.17) is 4.74 Å². The quantitative estimate of drug-likeness (QED) is 0.318. The molecular formula is C21H16BrN3O4. The van der Waals surface area contributed by atoms with Gasteiger partial charge in [-0.25, -0.2) is 5.43 Å². The fourth-order valence-electron chi connectivity index (χ4n) is 2.53. The highest BCUT2D eigenvalue weighted by Gasteiger charge is 2.18. The van der Waals surface area contributed by atoms with E-state index in [1.165, 1.54) is 24.4 Å². The number of ether oxygens (including phenoxy) is 1. The van der Waals surface area contributed by atoms with E-state index in [9.17, 15) is 14.9 Å². The molecule has 0 spiro atoms. The number of hydrazone groups is 1. The average molecular weight is 454 g/mol. The number of nitrogens with zero attached hydrogens (tertiary/aromatic N) is 2. The smallest absolute Gasteiger partial charge is 0.282 e. The molecule has 0 heterocycles. The monoisotopic (exact) mass is 453 g/mol. The van der Waals surface area contributed by atoms with Gasteiger partial charge in [0, 0.05) is 16.1 Å². The van der Waals surface area contributed by atoms with Crippen molar-refractivity contribution < 1.29 is 14.5 Å². The molecule has 3 aromatic carbocycles. The summed E-state index contributed by atoms with van der Waals surface area (Å²) in [4.78, 5) is 22.7. The van der Waals surface area contributed by atoms with Crippen molar-refractivity contribution in [3.63, 3.8) is 0 Å².